The fourth-order valence-electron chi connectivity index (χ4n) is 10.9. The zero-order valence-electron chi connectivity index (χ0n) is 53.0. The van der Waals surface area contributed by atoms with Crippen LogP contribution in [0.2, 0.25) is 0 Å². The van der Waals surface area contributed by atoms with Crippen LogP contribution in [0.15, 0.2) is 24.3 Å². The normalized spacial score (nSPS) is 12.1. The van der Waals surface area contributed by atoms with Crippen LogP contribution in [0.4, 0.5) is 0 Å². The molecule has 0 aromatic rings. The Labute approximate surface area is 487 Å². The van der Waals surface area contributed by atoms with Crippen LogP contribution in [0, 0.1) is 0 Å². The van der Waals surface area contributed by atoms with E-state index >= 15 is 0 Å². The van der Waals surface area contributed by atoms with Gasteiger partial charge in [0.1, 0.15) is 13.2 Å². The lowest BCUT2D eigenvalue weighted by Crippen LogP contribution is -2.30. The Morgan fingerprint density at radius 3 is 0.705 bits per heavy atom. The van der Waals surface area contributed by atoms with E-state index in [1.54, 1.807) is 0 Å². The minimum absolute atomic E-state index is 0.0652. The Hall–Kier alpha value is -2.11. The van der Waals surface area contributed by atoms with Gasteiger partial charge in [-0.2, -0.15) is 0 Å². The molecule has 0 aliphatic rings. The number of carbonyl (C=O) groups excluding carboxylic acids is 3. The average Bonchev–Trinajstić information content (AvgIpc) is 3.44. The van der Waals surface area contributed by atoms with Gasteiger partial charge in [0.25, 0.3) is 0 Å². The third-order valence-corrected chi connectivity index (χ3v) is 16.2. The molecule has 78 heavy (non-hydrogen) atoms. The number of ether oxygens (including phenoxy) is 3. The molecule has 0 fully saturated rings. The summed E-state index contributed by atoms with van der Waals surface area (Å²) in [6.07, 6.45) is 82.0. The molecule has 0 aromatic carbocycles. The van der Waals surface area contributed by atoms with Crippen molar-refractivity contribution in [2.24, 2.45) is 0 Å². The van der Waals surface area contributed by atoms with E-state index in [1.807, 2.05) is 0 Å². The largest absolute Gasteiger partial charge is 0.462 e. The van der Waals surface area contributed by atoms with Gasteiger partial charge in [-0.05, 0) is 51.4 Å². The molecule has 6 nitrogen and oxygen atoms in total. The number of unbranched alkanes of at least 4 members (excludes halogenated alkanes) is 51. The maximum atomic E-state index is 12.9. The Kier molecular flexibility index (Phi) is 65.6. The van der Waals surface area contributed by atoms with Crippen molar-refractivity contribution in [3.8, 4) is 0 Å². The van der Waals surface area contributed by atoms with Gasteiger partial charge in [0.05, 0.1) is 0 Å². The van der Waals surface area contributed by atoms with Crippen molar-refractivity contribution in [1.29, 1.82) is 0 Å². The first kappa shape index (κ1) is 75.9. The van der Waals surface area contributed by atoms with E-state index in [0.717, 1.165) is 64.2 Å². The zero-order valence-corrected chi connectivity index (χ0v) is 53.0. The van der Waals surface area contributed by atoms with E-state index in [0.29, 0.717) is 19.3 Å². The molecule has 1 atom stereocenters. The van der Waals surface area contributed by atoms with Gasteiger partial charge < -0.3 is 14.2 Å². The van der Waals surface area contributed by atoms with E-state index in [9.17, 15) is 14.4 Å². The standard InChI is InChI=1S/C72H136O6/c1-4-7-10-13-16-19-22-25-27-29-31-33-35-37-38-40-42-44-47-50-53-56-59-62-65-71(74)77-68-69(67-76-70(73)64-61-58-55-52-49-46-24-21-18-15-12-9-6-3)78-72(75)66-63-60-57-54-51-48-45-43-41-39-36-34-32-30-28-26-23-20-17-14-11-8-5-2/h23,26,30,32,69H,4-22,24-25,27-29,31,33-68H2,1-3H3/b26-23-,32-30-. The minimum atomic E-state index is -0.769. The van der Waals surface area contributed by atoms with Gasteiger partial charge in [-0.15, -0.1) is 0 Å². The molecule has 0 aliphatic heterocycles. The van der Waals surface area contributed by atoms with Crippen molar-refractivity contribution in [3.63, 3.8) is 0 Å². The molecular weight excluding hydrogens is 961 g/mol. The zero-order chi connectivity index (χ0) is 56.4. The molecular formula is C72H136O6. The molecule has 460 valence electrons. The molecule has 0 bridgehead atoms. The van der Waals surface area contributed by atoms with Crippen LogP contribution in [0.5, 0.6) is 0 Å². The minimum Gasteiger partial charge on any atom is -0.462 e. The number of carbonyl (C=O) groups is 3. The van der Waals surface area contributed by atoms with Gasteiger partial charge >= 0.3 is 17.9 Å². The van der Waals surface area contributed by atoms with Crippen molar-refractivity contribution >= 4 is 17.9 Å². The van der Waals surface area contributed by atoms with Gasteiger partial charge in [0.15, 0.2) is 6.10 Å². The summed E-state index contributed by atoms with van der Waals surface area (Å²) >= 11 is 0. The lowest BCUT2D eigenvalue weighted by atomic mass is 10.0. The second-order valence-electron chi connectivity index (χ2n) is 24.2. The van der Waals surface area contributed by atoms with Gasteiger partial charge in [0.2, 0.25) is 0 Å². The Balaban J connectivity index is 4.23. The SMILES string of the molecule is CCCCCCC/C=C\C/C=C\CCCCCCCCCCCCCC(=O)OC(COC(=O)CCCCCCCCCCCCCCC)COC(=O)CCCCCCCCCCCCCCCCCCCCCCCCCC. The van der Waals surface area contributed by atoms with Crippen LogP contribution in [-0.2, 0) is 28.6 Å². The van der Waals surface area contributed by atoms with Gasteiger partial charge in [0, 0.05) is 19.3 Å². The Morgan fingerprint density at radius 1 is 0.256 bits per heavy atom. The van der Waals surface area contributed by atoms with Crippen molar-refractivity contribution in [1.82, 2.24) is 0 Å². The summed E-state index contributed by atoms with van der Waals surface area (Å²) in [7, 11) is 0. The highest BCUT2D eigenvalue weighted by Gasteiger charge is 2.19. The summed E-state index contributed by atoms with van der Waals surface area (Å²) in [4.78, 5) is 38.4. The lowest BCUT2D eigenvalue weighted by molar-refractivity contribution is -0.167. The fourth-order valence-corrected chi connectivity index (χ4v) is 10.9. The maximum absolute atomic E-state index is 12.9. The van der Waals surface area contributed by atoms with Gasteiger partial charge in [-0.3, -0.25) is 14.4 Å². The number of hydrogen-bond acceptors (Lipinski definition) is 6. The first-order chi connectivity index (χ1) is 38.5. The first-order valence-corrected chi connectivity index (χ1v) is 35.3. The third-order valence-electron chi connectivity index (χ3n) is 16.2. The molecule has 0 rings (SSSR count). The van der Waals surface area contributed by atoms with E-state index in [4.69, 9.17) is 14.2 Å². The van der Waals surface area contributed by atoms with Crippen molar-refractivity contribution in [3.05, 3.63) is 24.3 Å². The quantitative estimate of drug-likeness (QED) is 0.0261. The number of rotatable bonds is 66. The second kappa shape index (κ2) is 67.4. The fraction of sp³-hybridized carbons (Fsp3) is 0.903. The maximum Gasteiger partial charge on any atom is 0.306 e. The summed E-state index contributed by atoms with van der Waals surface area (Å²) in [5.41, 5.74) is 0. The predicted octanol–water partition coefficient (Wildman–Crippen LogP) is 24.2. The van der Waals surface area contributed by atoms with Crippen LogP contribution in [0.1, 0.15) is 400 Å². The summed E-state index contributed by atoms with van der Waals surface area (Å²) < 4.78 is 17.0. The lowest BCUT2D eigenvalue weighted by Gasteiger charge is -2.18. The van der Waals surface area contributed by atoms with Crippen LogP contribution in [-0.4, -0.2) is 37.2 Å². The highest BCUT2D eigenvalue weighted by Crippen LogP contribution is 2.19. The molecule has 0 aromatic heterocycles. The Bertz CT molecular complexity index is 1260. The second-order valence-corrected chi connectivity index (χ2v) is 24.2. The average molecular weight is 1100 g/mol. The van der Waals surface area contributed by atoms with Crippen molar-refractivity contribution in [2.45, 2.75) is 406 Å². The monoisotopic (exact) mass is 1100 g/mol. The molecule has 0 saturated heterocycles. The molecule has 0 N–H and O–H groups in total. The van der Waals surface area contributed by atoms with Crippen LogP contribution < -0.4 is 0 Å². The van der Waals surface area contributed by atoms with E-state index in [-0.39, 0.29) is 31.1 Å². The molecule has 6 heteroatoms. The number of esters is 3. The van der Waals surface area contributed by atoms with Crippen molar-refractivity contribution in [2.75, 3.05) is 13.2 Å². The number of hydrogen-bond donors (Lipinski definition) is 0. The molecule has 0 heterocycles. The molecule has 0 saturated carbocycles. The van der Waals surface area contributed by atoms with Gasteiger partial charge in [-0.1, -0.05) is 353 Å². The third kappa shape index (κ3) is 64.7. The van der Waals surface area contributed by atoms with Gasteiger partial charge in [-0.25, -0.2) is 0 Å². The first-order valence-electron chi connectivity index (χ1n) is 35.3. The summed E-state index contributed by atoms with van der Waals surface area (Å²) in [5.74, 6) is -0.834. The summed E-state index contributed by atoms with van der Waals surface area (Å²) in [6, 6.07) is 0. The van der Waals surface area contributed by atoms with Crippen LogP contribution >= 0.6 is 0 Å². The van der Waals surface area contributed by atoms with E-state index in [2.05, 4.69) is 45.1 Å². The highest BCUT2D eigenvalue weighted by molar-refractivity contribution is 5.71. The van der Waals surface area contributed by atoms with Crippen LogP contribution in [0.3, 0.4) is 0 Å². The summed E-state index contributed by atoms with van der Waals surface area (Å²) in [6.45, 7) is 6.71. The Morgan fingerprint density at radius 2 is 0.462 bits per heavy atom. The van der Waals surface area contributed by atoms with E-state index < -0.39 is 6.10 Å². The van der Waals surface area contributed by atoms with Crippen molar-refractivity contribution < 1.29 is 28.6 Å². The molecule has 0 radical (unpaired) electrons. The molecule has 0 spiro atoms. The molecule has 1 unspecified atom stereocenters. The highest BCUT2D eigenvalue weighted by atomic mass is 16.6. The smallest absolute Gasteiger partial charge is 0.306 e. The predicted molar refractivity (Wildman–Crippen MR) is 340 cm³/mol. The topological polar surface area (TPSA) is 78.9 Å². The molecule has 0 amide bonds. The summed E-state index contributed by atoms with van der Waals surface area (Å²) in [5, 5.41) is 0. The van der Waals surface area contributed by atoms with Crippen LogP contribution in [0.25, 0.3) is 0 Å². The molecule has 0 aliphatic carbocycles. The number of allylic oxidation sites excluding steroid dienone is 4. The van der Waals surface area contributed by atoms with E-state index in [1.165, 1.54) is 295 Å².